The number of anilines is 1. The van der Waals surface area contributed by atoms with Crippen LogP contribution in [0.3, 0.4) is 0 Å². The number of ether oxygens (including phenoxy) is 1. The molecule has 1 N–H and O–H groups in total. The lowest BCUT2D eigenvalue weighted by molar-refractivity contribution is -0.115. The summed E-state index contributed by atoms with van der Waals surface area (Å²) < 4.78 is 4.93. The highest BCUT2D eigenvalue weighted by atomic mass is 35.5. The van der Waals surface area contributed by atoms with Crippen molar-refractivity contribution < 1.29 is 14.3 Å². The zero-order valence-corrected chi connectivity index (χ0v) is 12.9. The lowest BCUT2D eigenvalue weighted by Crippen LogP contribution is -2.15. The van der Waals surface area contributed by atoms with E-state index in [1.54, 1.807) is 55.5 Å². The molecule has 0 aliphatic heterocycles. The van der Waals surface area contributed by atoms with Gasteiger partial charge in [-0.05, 0) is 42.8 Å². The average molecular weight is 318 g/mol. The Kier molecular flexibility index (Phi) is 5.55. The van der Waals surface area contributed by atoms with Crippen molar-refractivity contribution >= 4 is 29.2 Å². The van der Waals surface area contributed by atoms with Gasteiger partial charge in [0.05, 0.1) is 18.6 Å². The van der Waals surface area contributed by atoms with Gasteiger partial charge in [-0.25, -0.2) is 4.79 Å². The average Bonchev–Trinajstić information content (AvgIpc) is 2.50. The number of halogens is 1. The minimum absolute atomic E-state index is 0.164. The second kappa shape index (κ2) is 7.61. The Labute approximate surface area is 134 Å². The van der Waals surface area contributed by atoms with Gasteiger partial charge in [-0.2, -0.15) is 0 Å². The molecule has 2 aromatic carbocycles. The minimum Gasteiger partial charge on any atom is -0.462 e. The predicted octanol–water partition coefficient (Wildman–Crippen LogP) is 3.70. The van der Waals surface area contributed by atoms with Crippen LogP contribution in [-0.4, -0.2) is 18.5 Å². The number of hydrogen-bond donors (Lipinski definition) is 1. The van der Waals surface area contributed by atoms with Crippen molar-refractivity contribution in [1.82, 2.24) is 0 Å². The van der Waals surface area contributed by atoms with E-state index in [0.717, 1.165) is 5.56 Å². The molecule has 4 nitrogen and oxygen atoms in total. The molecule has 5 heteroatoms. The maximum Gasteiger partial charge on any atom is 0.338 e. The van der Waals surface area contributed by atoms with Crippen molar-refractivity contribution in [3.63, 3.8) is 0 Å². The molecule has 0 aliphatic carbocycles. The minimum atomic E-state index is -0.406. The van der Waals surface area contributed by atoms with E-state index in [0.29, 0.717) is 22.9 Å². The second-order valence-electron chi connectivity index (χ2n) is 4.65. The smallest absolute Gasteiger partial charge is 0.338 e. The summed E-state index contributed by atoms with van der Waals surface area (Å²) in [5.74, 6) is -0.570. The summed E-state index contributed by atoms with van der Waals surface area (Å²) in [5, 5.41) is 3.39. The Morgan fingerprint density at radius 2 is 1.86 bits per heavy atom. The van der Waals surface area contributed by atoms with E-state index in [4.69, 9.17) is 16.3 Å². The fourth-order valence-electron chi connectivity index (χ4n) is 1.93. The summed E-state index contributed by atoms with van der Waals surface area (Å²) in [5.41, 5.74) is 1.83. The topological polar surface area (TPSA) is 55.4 Å². The van der Waals surface area contributed by atoms with Gasteiger partial charge in [0.15, 0.2) is 0 Å². The molecule has 0 unspecified atom stereocenters. The summed E-state index contributed by atoms with van der Waals surface area (Å²) in [7, 11) is 0. The van der Waals surface area contributed by atoms with E-state index in [9.17, 15) is 9.59 Å². The SMILES string of the molecule is CCOC(=O)c1cccc(NC(=O)Cc2ccc(Cl)cc2)c1. The van der Waals surface area contributed by atoms with Gasteiger partial charge in [0.2, 0.25) is 5.91 Å². The summed E-state index contributed by atoms with van der Waals surface area (Å²) in [6.07, 6.45) is 0.237. The van der Waals surface area contributed by atoms with Crippen LogP contribution in [0.15, 0.2) is 48.5 Å². The largest absolute Gasteiger partial charge is 0.462 e. The molecule has 2 rings (SSSR count). The van der Waals surface area contributed by atoms with Crippen molar-refractivity contribution in [1.29, 1.82) is 0 Å². The molecule has 0 aromatic heterocycles. The number of benzene rings is 2. The summed E-state index contributed by atoms with van der Waals surface area (Å²) >= 11 is 5.81. The van der Waals surface area contributed by atoms with Crippen LogP contribution in [0.2, 0.25) is 5.02 Å². The Morgan fingerprint density at radius 3 is 2.55 bits per heavy atom. The standard InChI is InChI=1S/C17H16ClNO3/c1-2-22-17(21)13-4-3-5-15(11-13)19-16(20)10-12-6-8-14(18)9-7-12/h3-9,11H,2,10H2,1H3,(H,19,20). The quantitative estimate of drug-likeness (QED) is 0.855. The number of carbonyl (C=O) groups is 2. The number of amides is 1. The molecular formula is C17H16ClNO3. The van der Waals surface area contributed by atoms with Crippen LogP contribution in [0.25, 0.3) is 0 Å². The first-order chi connectivity index (χ1) is 10.6. The van der Waals surface area contributed by atoms with Crippen LogP contribution >= 0.6 is 11.6 Å². The summed E-state index contributed by atoms with van der Waals surface area (Å²) in [6, 6.07) is 13.8. The van der Waals surface area contributed by atoms with Crippen LogP contribution in [0.1, 0.15) is 22.8 Å². The Morgan fingerprint density at radius 1 is 1.14 bits per heavy atom. The van der Waals surface area contributed by atoms with Crippen LogP contribution in [0.4, 0.5) is 5.69 Å². The predicted molar refractivity (Wildman–Crippen MR) is 86.2 cm³/mol. The first kappa shape index (κ1) is 16.0. The molecule has 0 saturated heterocycles. The van der Waals surface area contributed by atoms with Crippen LogP contribution in [0, 0.1) is 0 Å². The monoisotopic (exact) mass is 317 g/mol. The van der Waals surface area contributed by atoms with Gasteiger partial charge in [-0.15, -0.1) is 0 Å². The normalized spacial score (nSPS) is 10.1. The third kappa shape index (κ3) is 4.60. The fraction of sp³-hybridized carbons (Fsp3) is 0.176. The van der Waals surface area contributed by atoms with Crippen molar-refractivity contribution in [3.05, 3.63) is 64.7 Å². The summed E-state index contributed by atoms with van der Waals surface area (Å²) in [6.45, 7) is 2.06. The van der Waals surface area contributed by atoms with Gasteiger partial charge in [-0.3, -0.25) is 4.79 Å². The maximum absolute atomic E-state index is 12.0. The molecule has 2 aromatic rings. The van der Waals surface area contributed by atoms with Gasteiger partial charge < -0.3 is 10.1 Å². The number of nitrogens with one attached hydrogen (secondary N) is 1. The summed E-state index contributed by atoms with van der Waals surface area (Å²) in [4.78, 5) is 23.7. The van der Waals surface area contributed by atoms with E-state index >= 15 is 0 Å². The molecule has 0 atom stereocenters. The van der Waals surface area contributed by atoms with Gasteiger partial charge in [-0.1, -0.05) is 29.8 Å². The van der Waals surface area contributed by atoms with E-state index in [1.807, 2.05) is 0 Å². The van der Waals surface area contributed by atoms with Crippen LogP contribution < -0.4 is 5.32 Å². The molecule has 0 heterocycles. The fourth-order valence-corrected chi connectivity index (χ4v) is 2.06. The number of esters is 1. The van der Waals surface area contributed by atoms with Crippen molar-refractivity contribution in [3.8, 4) is 0 Å². The number of carbonyl (C=O) groups excluding carboxylic acids is 2. The van der Waals surface area contributed by atoms with Gasteiger partial charge in [0, 0.05) is 10.7 Å². The zero-order valence-electron chi connectivity index (χ0n) is 12.1. The highest BCUT2D eigenvalue weighted by Crippen LogP contribution is 2.14. The van der Waals surface area contributed by atoms with E-state index < -0.39 is 5.97 Å². The molecule has 0 radical (unpaired) electrons. The van der Waals surface area contributed by atoms with Crippen molar-refractivity contribution in [2.75, 3.05) is 11.9 Å². The molecule has 22 heavy (non-hydrogen) atoms. The highest BCUT2D eigenvalue weighted by molar-refractivity contribution is 6.30. The molecule has 0 fully saturated rings. The third-order valence-corrected chi connectivity index (χ3v) is 3.19. The van der Waals surface area contributed by atoms with E-state index in [2.05, 4.69) is 5.32 Å². The Balaban J connectivity index is 2.00. The second-order valence-corrected chi connectivity index (χ2v) is 5.09. The van der Waals surface area contributed by atoms with E-state index in [1.165, 1.54) is 0 Å². The first-order valence-corrected chi connectivity index (χ1v) is 7.27. The van der Waals surface area contributed by atoms with Gasteiger partial charge in [0.25, 0.3) is 0 Å². The number of rotatable bonds is 5. The van der Waals surface area contributed by atoms with Crippen molar-refractivity contribution in [2.24, 2.45) is 0 Å². The molecule has 1 amide bonds. The van der Waals surface area contributed by atoms with Crippen molar-refractivity contribution in [2.45, 2.75) is 13.3 Å². The maximum atomic E-state index is 12.0. The van der Waals surface area contributed by atoms with Gasteiger partial charge in [0.1, 0.15) is 0 Å². The first-order valence-electron chi connectivity index (χ1n) is 6.90. The van der Waals surface area contributed by atoms with E-state index in [-0.39, 0.29) is 12.3 Å². The molecule has 0 saturated carbocycles. The highest BCUT2D eigenvalue weighted by Gasteiger charge is 2.09. The zero-order chi connectivity index (χ0) is 15.9. The molecule has 0 spiro atoms. The Bertz CT molecular complexity index is 668. The lowest BCUT2D eigenvalue weighted by Gasteiger charge is -2.07. The lowest BCUT2D eigenvalue weighted by atomic mass is 10.1. The Hall–Kier alpha value is -2.33. The third-order valence-electron chi connectivity index (χ3n) is 2.94. The van der Waals surface area contributed by atoms with Crippen LogP contribution in [0.5, 0.6) is 0 Å². The van der Waals surface area contributed by atoms with Crippen LogP contribution in [-0.2, 0) is 16.0 Å². The number of hydrogen-bond acceptors (Lipinski definition) is 3. The molecule has 0 aliphatic rings. The molecule has 0 bridgehead atoms. The molecular weight excluding hydrogens is 302 g/mol. The molecule has 114 valence electrons. The van der Waals surface area contributed by atoms with Gasteiger partial charge >= 0.3 is 5.97 Å².